The van der Waals surface area contributed by atoms with Crippen LogP contribution in [0.25, 0.3) is 27.7 Å². The number of nitrogens with zero attached hydrogens (tertiary/aromatic N) is 3. The number of benzene rings is 2. The zero-order chi connectivity index (χ0) is 24.3. The van der Waals surface area contributed by atoms with Gasteiger partial charge in [-0.25, -0.2) is 18.0 Å². The maximum atomic E-state index is 12.2. The van der Waals surface area contributed by atoms with Gasteiger partial charge < -0.3 is 14.4 Å². The van der Waals surface area contributed by atoms with E-state index in [1.54, 1.807) is 18.2 Å². The van der Waals surface area contributed by atoms with Gasteiger partial charge in [0.15, 0.2) is 0 Å². The number of sulfonamides is 1. The molecule has 1 aromatic heterocycles. The van der Waals surface area contributed by atoms with Crippen LogP contribution in [0.5, 0.6) is 5.75 Å². The fourth-order valence-corrected chi connectivity index (χ4v) is 5.15. The minimum Gasteiger partial charge on any atom is -0.502 e. The average molecular weight is 483 g/mol. The standard InChI is InChI=1S/C24H26N4O5S/c1-15(2)32-22-11-10-16(14-21(22)25-3)24-26-23(27-33-24)19-8-4-7-18-17(19)6-5-9-20(18)28-34(30,31)13-12-29/h4,7-8,10-11,14-15,20,28-29H,5-6,9,12-13H2,1-2H3/t20-/m1/s1. The Labute approximate surface area is 198 Å². The van der Waals surface area contributed by atoms with Crippen molar-refractivity contribution >= 4 is 15.7 Å². The molecule has 0 spiro atoms. The van der Waals surface area contributed by atoms with Crippen LogP contribution in [0.3, 0.4) is 0 Å². The second-order valence-corrected chi connectivity index (χ2v) is 10.2. The SMILES string of the molecule is [C-]#[N+]c1cc(-c2nc(-c3cccc4c3CCC[C@H]4NS(=O)(=O)CCO)no2)ccc1OC(C)C. The molecule has 0 radical (unpaired) electrons. The fourth-order valence-electron chi connectivity index (χ4n) is 4.12. The van der Waals surface area contributed by atoms with E-state index in [0.29, 0.717) is 29.2 Å². The van der Waals surface area contributed by atoms with Crippen molar-refractivity contribution in [3.8, 4) is 28.6 Å². The molecule has 10 heteroatoms. The van der Waals surface area contributed by atoms with Crippen molar-refractivity contribution in [3.63, 3.8) is 0 Å². The molecule has 3 aromatic rings. The summed E-state index contributed by atoms with van der Waals surface area (Å²) < 4.78 is 38.3. The molecule has 0 fully saturated rings. The first kappa shape index (κ1) is 23.9. The lowest BCUT2D eigenvalue weighted by Crippen LogP contribution is -2.33. The van der Waals surface area contributed by atoms with E-state index in [9.17, 15) is 8.42 Å². The van der Waals surface area contributed by atoms with Crippen LogP contribution >= 0.6 is 0 Å². The summed E-state index contributed by atoms with van der Waals surface area (Å²) in [5, 5.41) is 13.2. The molecule has 0 aliphatic heterocycles. The molecule has 0 unspecified atom stereocenters. The van der Waals surface area contributed by atoms with E-state index in [2.05, 4.69) is 19.7 Å². The van der Waals surface area contributed by atoms with Crippen molar-refractivity contribution in [2.75, 3.05) is 12.4 Å². The molecule has 2 N–H and O–H groups in total. The topological polar surface area (TPSA) is 119 Å². The normalized spacial score (nSPS) is 15.7. The van der Waals surface area contributed by atoms with Gasteiger partial charge in [0.2, 0.25) is 21.5 Å². The minimum absolute atomic E-state index is 0.0532. The highest BCUT2D eigenvalue weighted by Crippen LogP contribution is 2.37. The maximum absolute atomic E-state index is 12.2. The average Bonchev–Trinajstić information content (AvgIpc) is 3.28. The van der Waals surface area contributed by atoms with Crippen LogP contribution in [0, 0.1) is 6.57 Å². The molecule has 1 atom stereocenters. The number of fused-ring (bicyclic) bond motifs is 1. The van der Waals surface area contributed by atoms with Crippen molar-refractivity contribution in [2.45, 2.75) is 45.3 Å². The van der Waals surface area contributed by atoms with E-state index >= 15 is 0 Å². The number of aromatic nitrogens is 2. The highest BCUT2D eigenvalue weighted by atomic mass is 32.2. The summed E-state index contributed by atoms with van der Waals surface area (Å²) in [4.78, 5) is 8.11. The Balaban J connectivity index is 1.65. The van der Waals surface area contributed by atoms with Gasteiger partial charge in [0.25, 0.3) is 5.89 Å². The van der Waals surface area contributed by atoms with E-state index in [4.69, 9.17) is 20.9 Å². The first-order valence-corrected chi connectivity index (χ1v) is 12.7. The Bertz CT molecular complexity index is 1330. The number of aliphatic hydroxyl groups excluding tert-OH is 1. The molecule has 4 rings (SSSR count). The van der Waals surface area contributed by atoms with Crippen molar-refractivity contribution in [3.05, 3.63) is 58.9 Å². The van der Waals surface area contributed by atoms with Crippen LogP contribution in [0.2, 0.25) is 0 Å². The van der Waals surface area contributed by atoms with E-state index in [0.717, 1.165) is 29.5 Å². The first-order chi connectivity index (χ1) is 16.3. The molecule has 34 heavy (non-hydrogen) atoms. The molecular formula is C24H26N4O5S. The van der Waals surface area contributed by atoms with Gasteiger partial charge in [0.05, 0.1) is 25.0 Å². The monoisotopic (exact) mass is 482 g/mol. The molecule has 1 heterocycles. The van der Waals surface area contributed by atoms with Gasteiger partial charge in [-0.05, 0) is 62.4 Å². The molecule has 1 aliphatic rings. The van der Waals surface area contributed by atoms with Gasteiger partial charge in [-0.2, -0.15) is 4.98 Å². The zero-order valence-corrected chi connectivity index (χ0v) is 19.8. The Morgan fingerprint density at radius 3 is 2.88 bits per heavy atom. The summed E-state index contributed by atoms with van der Waals surface area (Å²) in [5.74, 6) is 0.850. The quantitative estimate of drug-likeness (QED) is 0.465. The molecule has 0 amide bonds. The van der Waals surface area contributed by atoms with Crippen molar-refractivity contribution in [2.24, 2.45) is 0 Å². The Kier molecular flexibility index (Phi) is 6.97. The lowest BCUT2D eigenvalue weighted by Gasteiger charge is -2.27. The number of nitrogens with one attached hydrogen (secondary N) is 1. The summed E-state index contributed by atoms with van der Waals surface area (Å²) in [7, 11) is -3.59. The highest BCUT2D eigenvalue weighted by molar-refractivity contribution is 7.89. The van der Waals surface area contributed by atoms with Crippen LogP contribution in [0.1, 0.15) is 43.9 Å². The molecule has 2 aromatic carbocycles. The predicted molar refractivity (Wildman–Crippen MR) is 127 cm³/mol. The third kappa shape index (κ3) is 5.12. The first-order valence-electron chi connectivity index (χ1n) is 11.1. The van der Waals surface area contributed by atoms with Gasteiger partial charge in [-0.15, -0.1) is 0 Å². The molecule has 0 bridgehead atoms. The maximum Gasteiger partial charge on any atom is 0.256 e. The lowest BCUT2D eigenvalue weighted by atomic mass is 9.85. The van der Waals surface area contributed by atoms with Gasteiger partial charge in [-0.3, -0.25) is 0 Å². The van der Waals surface area contributed by atoms with Gasteiger partial charge >= 0.3 is 0 Å². The third-order valence-electron chi connectivity index (χ3n) is 5.55. The number of ether oxygens (including phenoxy) is 1. The van der Waals surface area contributed by atoms with Crippen LogP contribution in [0.15, 0.2) is 40.9 Å². The summed E-state index contributed by atoms with van der Waals surface area (Å²) in [6, 6.07) is 10.4. The minimum atomic E-state index is -3.59. The summed E-state index contributed by atoms with van der Waals surface area (Å²) in [6.07, 6.45) is 2.18. The van der Waals surface area contributed by atoms with E-state index in [1.165, 1.54) is 0 Å². The highest BCUT2D eigenvalue weighted by Gasteiger charge is 2.27. The molecule has 0 saturated heterocycles. The van der Waals surface area contributed by atoms with E-state index < -0.39 is 16.6 Å². The van der Waals surface area contributed by atoms with Crippen LogP contribution in [-0.4, -0.2) is 42.1 Å². The predicted octanol–water partition coefficient (Wildman–Crippen LogP) is 4.03. The fraction of sp³-hybridized carbons (Fsp3) is 0.375. The third-order valence-corrected chi connectivity index (χ3v) is 6.91. The number of hydrogen-bond donors (Lipinski definition) is 2. The van der Waals surface area contributed by atoms with E-state index in [1.807, 2.05) is 32.0 Å². The molecule has 0 saturated carbocycles. The lowest BCUT2D eigenvalue weighted by molar-refractivity contribution is 0.244. The summed E-state index contributed by atoms with van der Waals surface area (Å²) in [6.45, 7) is 10.8. The Morgan fingerprint density at radius 1 is 1.32 bits per heavy atom. The summed E-state index contributed by atoms with van der Waals surface area (Å²) in [5.41, 5.74) is 3.60. The van der Waals surface area contributed by atoms with Gasteiger partial charge in [-0.1, -0.05) is 23.4 Å². The number of rotatable bonds is 8. The van der Waals surface area contributed by atoms with Gasteiger partial charge in [0.1, 0.15) is 5.75 Å². The van der Waals surface area contributed by atoms with Crippen molar-refractivity contribution in [1.82, 2.24) is 14.9 Å². The van der Waals surface area contributed by atoms with Crippen LogP contribution < -0.4 is 9.46 Å². The zero-order valence-electron chi connectivity index (χ0n) is 19.0. The summed E-state index contributed by atoms with van der Waals surface area (Å²) >= 11 is 0. The van der Waals surface area contributed by atoms with Gasteiger partial charge in [0, 0.05) is 17.2 Å². The number of hydrogen-bond acceptors (Lipinski definition) is 7. The second-order valence-electron chi connectivity index (χ2n) is 8.36. The van der Waals surface area contributed by atoms with Crippen molar-refractivity contribution in [1.29, 1.82) is 0 Å². The van der Waals surface area contributed by atoms with Crippen LogP contribution in [0.4, 0.5) is 5.69 Å². The molecule has 178 valence electrons. The molecular weight excluding hydrogens is 456 g/mol. The van der Waals surface area contributed by atoms with Crippen molar-refractivity contribution < 1.29 is 22.8 Å². The second kappa shape index (κ2) is 9.93. The Hall–Kier alpha value is -3.26. The smallest absolute Gasteiger partial charge is 0.256 e. The molecule has 9 nitrogen and oxygen atoms in total. The molecule has 1 aliphatic carbocycles. The van der Waals surface area contributed by atoms with Crippen LogP contribution in [-0.2, 0) is 16.4 Å². The Morgan fingerprint density at radius 2 is 2.15 bits per heavy atom. The largest absolute Gasteiger partial charge is 0.502 e. The van der Waals surface area contributed by atoms with E-state index in [-0.39, 0.29) is 23.8 Å². The number of aliphatic hydroxyl groups is 1.